The van der Waals surface area contributed by atoms with E-state index < -0.39 is 35.7 Å². The van der Waals surface area contributed by atoms with Gasteiger partial charge in [-0.05, 0) is 37.0 Å². The number of hydrogen-bond acceptors (Lipinski definition) is 7. The van der Waals surface area contributed by atoms with Gasteiger partial charge in [-0.15, -0.1) is 0 Å². The van der Waals surface area contributed by atoms with E-state index in [0.717, 1.165) is 12.1 Å². The molecular weight excluding hydrogens is 513 g/mol. The van der Waals surface area contributed by atoms with Crippen LogP contribution in [0.5, 0.6) is 0 Å². The van der Waals surface area contributed by atoms with Gasteiger partial charge in [0.2, 0.25) is 17.8 Å². The molecule has 1 aliphatic rings. The fourth-order valence-electron chi connectivity index (χ4n) is 4.03. The monoisotopic (exact) mass is 533 g/mol. The average molecular weight is 533 g/mol. The maximum atomic E-state index is 14.8. The Morgan fingerprint density at radius 3 is 2.58 bits per heavy atom. The van der Waals surface area contributed by atoms with Gasteiger partial charge in [-0.1, -0.05) is 17.3 Å². The van der Waals surface area contributed by atoms with Gasteiger partial charge in [-0.3, -0.25) is 9.48 Å². The lowest BCUT2D eigenvalue weighted by Crippen LogP contribution is -2.28. The van der Waals surface area contributed by atoms with Crippen LogP contribution in [0.15, 0.2) is 41.2 Å². The normalized spacial score (nSPS) is 14.4. The molecule has 0 aliphatic heterocycles. The van der Waals surface area contributed by atoms with Crippen molar-refractivity contribution in [3.63, 3.8) is 0 Å². The molecule has 0 atom stereocenters. The van der Waals surface area contributed by atoms with Gasteiger partial charge in [0.25, 0.3) is 0 Å². The number of alkyl halides is 3. The summed E-state index contributed by atoms with van der Waals surface area (Å²) in [6, 6.07) is 4.76. The maximum Gasteiger partial charge on any atom is 0.401 e. The number of halogens is 5. The molecule has 198 valence electrons. The zero-order chi connectivity index (χ0) is 27.2. The SMILES string of the molecule is Cc1nn(C)cc1Nc1ncc(-c2ccc(CC(=O)Nc3cc(C4(C(F)(F)F)CC4)on3)c(F)c2)c(F)n1. The van der Waals surface area contributed by atoms with Crippen molar-refractivity contribution in [2.24, 2.45) is 7.05 Å². The topological polar surface area (TPSA) is 111 Å². The van der Waals surface area contributed by atoms with Crippen LogP contribution in [0.1, 0.15) is 29.9 Å². The lowest BCUT2D eigenvalue weighted by atomic mass is 10.0. The van der Waals surface area contributed by atoms with E-state index in [1.807, 2.05) is 0 Å². The first-order valence-corrected chi connectivity index (χ1v) is 11.4. The van der Waals surface area contributed by atoms with Crippen LogP contribution < -0.4 is 10.6 Å². The summed E-state index contributed by atoms with van der Waals surface area (Å²) < 4.78 is 75.5. The molecule has 0 saturated heterocycles. The van der Waals surface area contributed by atoms with Gasteiger partial charge >= 0.3 is 6.18 Å². The minimum atomic E-state index is -4.49. The number of amides is 1. The Morgan fingerprint density at radius 2 is 1.97 bits per heavy atom. The van der Waals surface area contributed by atoms with E-state index in [-0.39, 0.29) is 47.1 Å². The fourth-order valence-corrected chi connectivity index (χ4v) is 4.03. The molecule has 38 heavy (non-hydrogen) atoms. The van der Waals surface area contributed by atoms with Crippen molar-refractivity contribution in [1.29, 1.82) is 0 Å². The molecule has 0 spiro atoms. The van der Waals surface area contributed by atoms with Crippen molar-refractivity contribution in [2.75, 3.05) is 10.6 Å². The first kappa shape index (κ1) is 25.3. The Bertz CT molecular complexity index is 1520. The van der Waals surface area contributed by atoms with Crippen LogP contribution in [0.3, 0.4) is 0 Å². The third-order valence-corrected chi connectivity index (χ3v) is 6.26. The number of nitrogens with one attached hydrogen (secondary N) is 2. The molecule has 14 heteroatoms. The highest BCUT2D eigenvalue weighted by atomic mass is 19.4. The van der Waals surface area contributed by atoms with Crippen molar-refractivity contribution in [2.45, 2.75) is 37.8 Å². The van der Waals surface area contributed by atoms with Gasteiger partial charge in [-0.25, -0.2) is 9.37 Å². The molecule has 1 aromatic carbocycles. The maximum absolute atomic E-state index is 14.8. The number of benzene rings is 1. The van der Waals surface area contributed by atoms with Crippen molar-refractivity contribution >= 4 is 23.4 Å². The molecule has 9 nitrogen and oxygen atoms in total. The molecule has 4 aromatic rings. The number of carbonyl (C=O) groups excluding carboxylic acids is 1. The predicted octanol–water partition coefficient (Wildman–Crippen LogP) is 4.97. The highest BCUT2D eigenvalue weighted by Gasteiger charge is 2.66. The van der Waals surface area contributed by atoms with Crippen molar-refractivity contribution in [1.82, 2.24) is 24.9 Å². The average Bonchev–Trinajstić information content (AvgIpc) is 3.44. The zero-order valence-corrected chi connectivity index (χ0v) is 20.0. The molecule has 0 bridgehead atoms. The molecule has 3 heterocycles. The van der Waals surface area contributed by atoms with Crippen molar-refractivity contribution in [3.05, 3.63) is 65.4 Å². The van der Waals surface area contributed by atoms with Crippen LogP contribution in [-0.2, 0) is 23.7 Å². The van der Waals surface area contributed by atoms with E-state index in [9.17, 15) is 26.7 Å². The first-order valence-electron chi connectivity index (χ1n) is 11.4. The highest BCUT2D eigenvalue weighted by molar-refractivity contribution is 5.91. The summed E-state index contributed by atoms with van der Waals surface area (Å²) in [5.41, 5.74) is -0.730. The standard InChI is InChI=1S/C24H20F5N7O2/c1-12-17(11-36(2)34-12)31-22-30-10-15(21(26)33-22)13-3-4-14(16(25)7-13)8-20(37)32-19-9-18(38-35-19)23(5-6-23)24(27,28)29/h3-4,7,9-11H,5-6,8H2,1-2H3,(H,30,31,33)(H,32,35,37). The molecule has 0 radical (unpaired) electrons. The zero-order valence-electron chi connectivity index (χ0n) is 20.0. The van der Waals surface area contributed by atoms with Gasteiger partial charge in [0.05, 0.1) is 23.4 Å². The van der Waals surface area contributed by atoms with E-state index >= 15 is 0 Å². The van der Waals surface area contributed by atoms with Crippen molar-refractivity contribution in [3.8, 4) is 11.1 Å². The number of aromatic nitrogens is 5. The third-order valence-electron chi connectivity index (χ3n) is 6.26. The molecule has 1 fully saturated rings. The predicted molar refractivity (Wildman–Crippen MR) is 124 cm³/mol. The summed E-state index contributed by atoms with van der Waals surface area (Å²) in [6.07, 6.45) is -2.28. The number of nitrogens with zero attached hydrogens (tertiary/aromatic N) is 5. The second-order valence-electron chi connectivity index (χ2n) is 9.01. The summed E-state index contributed by atoms with van der Waals surface area (Å²) >= 11 is 0. The van der Waals surface area contributed by atoms with Gasteiger partial charge in [0, 0.05) is 25.5 Å². The Kier molecular flexibility index (Phi) is 6.12. The van der Waals surface area contributed by atoms with Crippen LogP contribution >= 0.6 is 0 Å². The summed E-state index contributed by atoms with van der Waals surface area (Å²) in [4.78, 5) is 20.2. The Morgan fingerprint density at radius 1 is 1.21 bits per heavy atom. The number of hydrogen-bond donors (Lipinski definition) is 2. The molecule has 1 amide bonds. The molecule has 1 saturated carbocycles. The van der Waals surface area contributed by atoms with Crippen LogP contribution in [0.2, 0.25) is 0 Å². The van der Waals surface area contributed by atoms with E-state index in [0.29, 0.717) is 11.4 Å². The van der Waals surface area contributed by atoms with Crippen molar-refractivity contribution < 1.29 is 31.3 Å². The summed E-state index contributed by atoms with van der Waals surface area (Å²) in [7, 11) is 1.73. The molecule has 2 N–H and O–H groups in total. The van der Waals surface area contributed by atoms with Crippen LogP contribution in [0.25, 0.3) is 11.1 Å². The second-order valence-corrected chi connectivity index (χ2v) is 9.01. The number of rotatable bonds is 7. The number of anilines is 3. The van der Waals surface area contributed by atoms with Gasteiger partial charge < -0.3 is 15.2 Å². The highest BCUT2D eigenvalue weighted by Crippen LogP contribution is 2.59. The first-order chi connectivity index (χ1) is 17.9. The fraction of sp³-hybridized carbons (Fsp3) is 0.292. The van der Waals surface area contributed by atoms with E-state index in [1.54, 1.807) is 24.9 Å². The lowest BCUT2D eigenvalue weighted by Gasteiger charge is -2.14. The Balaban J connectivity index is 1.25. The van der Waals surface area contributed by atoms with Crippen LogP contribution in [0, 0.1) is 18.7 Å². The second kappa shape index (κ2) is 9.19. The number of aryl methyl sites for hydroxylation is 2. The molecular formula is C24H20F5N7O2. The van der Waals surface area contributed by atoms with Crippen LogP contribution in [-0.4, -0.2) is 37.0 Å². The Labute approximate surface area is 212 Å². The lowest BCUT2D eigenvalue weighted by molar-refractivity contribution is -0.165. The van der Waals surface area contributed by atoms with E-state index in [2.05, 4.69) is 30.9 Å². The summed E-state index contributed by atoms with van der Waals surface area (Å²) in [5, 5.41) is 12.8. The molecule has 3 aromatic heterocycles. The molecule has 0 unspecified atom stereocenters. The van der Waals surface area contributed by atoms with Gasteiger partial charge in [0.1, 0.15) is 11.2 Å². The minimum absolute atomic E-state index is 0.00466. The van der Waals surface area contributed by atoms with Crippen LogP contribution in [0.4, 0.5) is 39.4 Å². The van der Waals surface area contributed by atoms with Gasteiger partial charge in [0.15, 0.2) is 11.6 Å². The largest absolute Gasteiger partial charge is 0.401 e. The molecule has 5 rings (SSSR count). The summed E-state index contributed by atoms with van der Waals surface area (Å²) in [5.74, 6) is -2.98. The summed E-state index contributed by atoms with van der Waals surface area (Å²) in [6.45, 7) is 1.76. The smallest absolute Gasteiger partial charge is 0.358 e. The quantitative estimate of drug-likeness (QED) is 0.255. The van der Waals surface area contributed by atoms with E-state index in [4.69, 9.17) is 4.52 Å². The van der Waals surface area contributed by atoms with Gasteiger partial charge in [-0.2, -0.15) is 27.6 Å². The minimum Gasteiger partial charge on any atom is -0.358 e. The Hall–Kier alpha value is -4.36. The third kappa shape index (κ3) is 4.80. The van der Waals surface area contributed by atoms with E-state index in [1.165, 1.54) is 18.3 Å². The number of carbonyl (C=O) groups is 1. The molecule has 1 aliphatic carbocycles.